The van der Waals surface area contributed by atoms with Gasteiger partial charge in [0.05, 0.1) is 4.90 Å². The van der Waals surface area contributed by atoms with E-state index >= 15 is 0 Å². The van der Waals surface area contributed by atoms with Crippen molar-refractivity contribution in [2.75, 3.05) is 32.8 Å². The fraction of sp³-hybridized carbons (Fsp3) is 0.632. The summed E-state index contributed by atoms with van der Waals surface area (Å²) in [6.45, 7) is 8.33. The van der Waals surface area contributed by atoms with Crippen molar-refractivity contribution in [2.24, 2.45) is 5.92 Å². The van der Waals surface area contributed by atoms with Gasteiger partial charge >= 0.3 is 0 Å². The van der Waals surface area contributed by atoms with E-state index in [1.54, 1.807) is 6.07 Å². The van der Waals surface area contributed by atoms with E-state index in [1.807, 2.05) is 32.9 Å². The first-order chi connectivity index (χ1) is 12.4. The number of sulfonamides is 1. The van der Waals surface area contributed by atoms with Gasteiger partial charge < -0.3 is 10.1 Å². The molecule has 6 nitrogen and oxygen atoms in total. The first-order valence-electron chi connectivity index (χ1n) is 9.29. The maximum atomic E-state index is 12.9. The van der Waals surface area contributed by atoms with E-state index in [9.17, 15) is 13.2 Å². The molecule has 0 aliphatic carbocycles. The van der Waals surface area contributed by atoms with Crippen molar-refractivity contribution < 1.29 is 17.9 Å². The van der Waals surface area contributed by atoms with Gasteiger partial charge in [0.2, 0.25) is 15.9 Å². The van der Waals surface area contributed by atoms with Gasteiger partial charge in [-0.25, -0.2) is 8.42 Å². The molecule has 0 aromatic heterocycles. The van der Waals surface area contributed by atoms with Crippen LogP contribution in [0.4, 0.5) is 0 Å². The van der Waals surface area contributed by atoms with Crippen LogP contribution >= 0.6 is 0 Å². The molecule has 1 N–H and O–H groups in total. The molecule has 0 atom stereocenters. The molecule has 1 heterocycles. The molecule has 1 saturated heterocycles. The molecule has 0 radical (unpaired) electrons. The highest BCUT2D eigenvalue weighted by Crippen LogP contribution is 2.26. The van der Waals surface area contributed by atoms with Gasteiger partial charge in [-0.2, -0.15) is 4.31 Å². The monoisotopic (exact) mass is 382 g/mol. The van der Waals surface area contributed by atoms with Crippen LogP contribution in [-0.4, -0.2) is 51.5 Å². The lowest BCUT2D eigenvalue weighted by Crippen LogP contribution is -2.43. The first kappa shape index (κ1) is 20.9. The van der Waals surface area contributed by atoms with Crippen molar-refractivity contribution in [3.63, 3.8) is 0 Å². The third-order valence-corrected chi connectivity index (χ3v) is 6.80. The molecule has 1 aliphatic rings. The quantitative estimate of drug-likeness (QED) is 0.700. The molecule has 0 unspecified atom stereocenters. The van der Waals surface area contributed by atoms with Crippen LogP contribution in [-0.2, 0) is 19.6 Å². The SMILES string of the molecule is CCOCCCNC(=O)C1CCN(S(=O)(=O)c2cc(C)ccc2C)CC1. The van der Waals surface area contributed by atoms with Crippen LogP contribution in [0.5, 0.6) is 0 Å². The van der Waals surface area contributed by atoms with E-state index in [0.29, 0.717) is 50.6 Å². The summed E-state index contributed by atoms with van der Waals surface area (Å²) in [5.41, 5.74) is 1.68. The standard InChI is InChI=1S/C19H30N2O4S/c1-4-25-13-5-10-20-19(22)17-8-11-21(12-9-17)26(23,24)18-14-15(2)6-7-16(18)3/h6-7,14,17H,4-5,8-13H2,1-3H3,(H,20,22). The first-order valence-corrected chi connectivity index (χ1v) is 10.7. The fourth-order valence-electron chi connectivity index (χ4n) is 3.16. The molecule has 0 saturated carbocycles. The third kappa shape index (κ3) is 5.28. The Morgan fingerprint density at radius 3 is 2.62 bits per heavy atom. The summed E-state index contributed by atoms with van der Waals surface area (Å²) in [6.07, 6.45) is 1.90. The molecule has 0 spiro atoms. The van der Waals surface area contributed by atoms with Crippen molar-refractivity contribution in [3.8, 4) is 0 Å². The summed E-state index contributed by atoms with van der Waals surface area (Å²) in [5, 5.41) is 2.93. The molecule has 146 valence electrons. The highest BCUT2D eigenvalue weighted by atomic mass is 32.2. The van der Waals surface area contributed by atoms with Gasteiger partial charge in [0.1, 0.15) is 0 Å². The number of benzene rings is 1. The average molecular weight is 383 g/mol. The van der Waals surface area contributed by atoms with Gasteiger partial charge in [-0.1, -0.05) is 12.1 Å². The Morgan fingerprint density at radius 1 is 1.27 bits per heavy atom. The van der Waals surface area contributed by atoms with Crippen LogP contribution in [0.25, 0.3) is 0 Å². The van der Waals surface area contributed by atoms with E-state index < -0.39 is 10.0 Å². The van der Waals surface area contributed by atoms with Crippen molar-refractivity contribution in [3.05, 3.63) is 29.3 Å². The number of ether oxygens (including phenoxy) is 1. The Balaban J connectivity index is 1.89. The second kappa shape index (κ2) is 9.48. The van der Waals surface area contributed by atoms with E-state index in [2.05, 4.69) is 5.32 Å². The molecule has 2 rings (SSSR count). The lowest BCUT2D eigenvalue weighted by atomic mass is 9.97. The minimum Gasteiger partial charge on any atom is -0.382 e. The molecule has 1 aromatic rings. The number of hydrogen-bond acceptors (Lipinski definition) is 4. The summed E-state index contributed by atoms with van der Waals surface area (Å²) < 4.78 is 32.6. The van der Waals surface area contributed by atoms with Crippen LogP contribution in [0, 0.1) is 19.8 Å². The highest BCUT2D eigenvalue weighted by Gasteiger charge is 2.32. The summed E-state index contributed by atoms with van der Waals surface area (Å²) >= 11 is 0. The summed E-state index contributed by atoms with van der Waals surface area (Å²) in [6, 6.07) is 5.48. The number of nitrogens with zero attached hydrogens (tertiary/aromatic N) is 1. The van der Waals surface area contributed by atoms with Gasteiger partial charge in [0.15, 0.2) is 0 Å². The van der Waals surface area contributed by atoms with Crippen LogP contribution in [0.3, 0.4) is 0 Å². The molecule has 1 aliphatic heterocycles. The number of carbonyl (C=O) groups excluding carboxylic acids is 1. The van der Waals surface area contributed by atoms with Crippen LogP contribution in [0.2, 0.25) is 0 Å². The predicted octanol–water partition coefficient (Wildman–Crippen LogP) is 2.25. The van der Waals surface area contributed by atoms with Gasteiger partial charge in [-0.3, -0.25) is 4.79 Å². The highest BCUT2D eigenvalue weighted by molar-refractivity contribution is 7.89. The van der Waals surface area contributed by atoms with E-state index in [1.165, 1.54) is 4.31 Å². The second-order valence-corrected chi connectivity index (χ2v) is 8.70. The number of hydrogen-bond donors (Lipinski definition) is 1. The zero-order valence-corrected chi connectivity index (χ0v) is 16.8. The average Bonchev–Trinajstić information content (AvgIpc) is 2.63. The molecule has 26 heavy (non-hydrogen) atoms. The van der Waals surface area contributed by atoms with Crippen molar-refractivity contribution >= 4 is 15.9 Å². The molecule has 1 fully saturated rings. The third-order valence-electron chi connectivity index (χ3n) is 4.75. The Morgan fingerprint density at radius 2 is 1.96 bits per heavy atom. The number of amides is 1. The van der Waals surface area contributed by atoms with Crippen molar-refractivity contribution in [1.29, 1.82) is 0 Å². The smallest absolute Gasteiger partial charge is 0.243 e. The zero-order chi connectivity index (χ0) is 19.2. The molecule has 0 bridgehead atoms. The van der Waals surface area contributed by atoms with Gasteiger partial charge in [0, 0.05) is 38.8 Å². The Hall–Kier alpha value is -1.44. The number of rotatable bonds is 8. The maximum Gasteiger partial charge on any atom is 0.243 e. The van der Waals surface area contributed by atoms with Crippen molar-refractivity contribution in [1.82, 2.24) is 9.62 Å². The van der Waals surface area contributed by atoms with Crippen LogP contribution < -0.4 is 5.32 Å². The topological polar surface area (TPSA) is 75.7 Å². The lowest BCUT2D eigenvalue weighted by Gasteiger charge is -2.31. The number of piperidine rings is 1. The van der Waals surface area contributed by atoms with Crippen LogP contribution in [0.15, 0.2) is 23.1 Å². The summed E-state index contributed by atoms with van der Waals surface area (Å²) in [5.74, 6) is -0.0996. The lowest BCUT2D eigenvalue weighted by molar-refractivity contribution is -0.126. The van der Waals surface area contributed by atoms with Crippen LogP contribution in [0.1, 0.15) is 37.3 Å². The summed E-state index contributed by atoms with van der Waals surface area (Å²) in [4.78, 5) is 12.6. The van der Waals surface area contributed by atoms with E-state index in [0.717, 1.165) is 17.5 Å². The van der Waals surface area contributed by atoms with Gasteiger partial charge in [0.25, 0.3) is 0 Å². The number of aryl methyl sites for hydroxylation is 2. The minimum absolute atomic E-state index is 0.0188. The normalized spacial score (nSPS) is 16.6. The maximum absolute atomic E-state index is 12.9. The fourth-order valence-corrected chi connectivity index (χ4v) is 4.94. The number of carbonyl (C=O) groups is 1. The Bertz CT molecular complexity index is 710. The van der Waals surface area contributed by atoms with E-state index in [4.69, 9.17) is 4.74 Å². The molecule has 1 aromatic carbocycles. The Kier molecular flexibility index (Phi) is 7.61. The van der Waals surface area contributed by atoms with Crippen molar-refractivity contribution in [2.45, 2.75) is 44.9 Å². The molecule has 7 heteroatoms. The van der Waals surface area contributed by atoms with Gasteiger partial charge in [-0.15, -0.1) is 0 Å². The minimum atomic E-state index is -3.51. The molecule has 1 amide bonds. The second-order valence-electron chi connectivity index (χ2n) is 6.79. The zero-order valence-electron chi connectivity index (χ0n) is 16.0. The largest absolute Gasteiger partial charge is 0.382 e. The number of nitrogens with one attached hydrogen (secondary N) is 1. The predicted molar refractivity (Wildman–Crippen MR) is 102 cm³/mol. The molecular formula is C19H30N2O4S. The molecular weight excluding hydrogens is 352 g/mol. The van der Waals surface area contributed by atoms with Gasteiger partial charge in [-0.05, 0) is 57.2 Å². The van der Waals surface area contributed by atoms with E-state index in [-0.39, 0.29) is 11.8 Å². The Labute approximate surface area is 157 Å². The summed E-state index contributed by atoms with van der Waals surface area (Å²) in [7, 11) is -3.51.